The Morgan fingerprint density at radius 3 is 1.50 bits per heavy atom. The molecule has 1 aliphatic rings. The standard InChI is InChI=1S/C17H32PSi.2ClH.Ti/c1-12(2)18(13(3)4)19(9,10)17(8)11-14(5)15(6)16(17)7;;;/h12-13H,1-10H3;2*1H;. The zero-order chi connectivity index (χ0) is 16.0. The Morgan fingerprint density at radius 1 is 0.909 bits per heavy atom. The molecule has 0 saturated heterocycles. The fraction of sp³-hybridized carbons (Fsp3) is 0.765. The Labute approximate surface area is 165 Å². The molecule has 22 heavy (non-hydrogen) atoms. The van der Waals surface area contributed by atoms with E-state index in [0.29, 0.717) is 5.04 Å². The van der Waals surface area contributed by atoms with Crippen LogP contribution in [-0.2, 0) is 20.4 Å². The Balaban J connectivity index is 0. The summed E-state index contributed by atoms with van der Waals surface area (Å²) < 4.78 is 1.66. The van der Waals surface area contributed by atoms with Gasteiger partial charge in [0.15, 0.2) is 0 Å². The number of halogens is 2. The maximum absolute atomic E-state index is 2.66. The van der Waals surface area contributed by atoms with E-state index in [2.05, 4.69) is 88.9 Å². The minimum Gasteiger partial charge on any atom is -0.147 e. The maximum Gasteiger partial charge on any atom is -0.147 e. The summed E-state index contributed by atoms with van der Waals surface area (Å²) in [5, 5.41) is 0.363. The van der Waals surface area contributed by atoms with Gasteiger partial charge in [-0.1, -0.05) is 0 Å². The third-order valence-corrected chi connectivity index (χ3v) is 22.4. The molecule has 129 valence electrons. The van der Waals surface area contributed by atoms with E-state index >= 15 is 0 Å². The SMILES string of the molecule is CC1=C(C)C(C)([Si](C)(C)P(C(C)C)C(C)C)[C]([Ti])=C1C.Cl.Cl. The van der Waals surface area contributed by atoms with Crippen LogP contribution in [0, 0.1) is 0 Å². The topological polar surface area (TPSA) is 0 Å². The smallest absolute Gasteiger partial charge is 0.147 e. The van der Waals surface area contributed by atoms with Crippen LogP contribution >= 0.6 is 32.3 Å². The van der Waals surface area contributed by atoms with Crippen molar-refractivity contribution in [2.24, 2.45) is 0 Å². The van der Waals surface area contributed by atoms with Crippen LogP contribution < -0.4 is 0 Å². The molecule has 0 spiro atoms. The van der Waals surface area contributed by atoms with E-state index in [-0.39, 0.29) is 32.3 Å². The second kappa shape index (κ2) is 8.68. The normalized spacial score (nSPS) is 22.5. The van der Waals surface area contributed by atoms with Gasteiger partial charge in [-0.25, -0.2) is 0 Å². The van der Waals surface area contributed by atoms with Gasteiger partial charge in [0.25, 0.3) is 0 Å². The van der Waals surface area contributed by atoms with Crippen LogP contribution in [-0.4, -0.2) is 19.1 Å². The van der Waals surface area contributed by atoms with Crippen LogP contribution in [0.5, 0.6) is 0 Å². The fourth-order valence-electron chi connectivity index (χ4n) is 4.32. The van der Waals surface area contributed by atoms with E-state index in [9.17, 15) is 0 Å². The van der Waals surface area contributed by atoms with Gasteiger partial charge in [0.2, 0.25) is 0 Å². The fourth-order valence-corrected chi connectivity index (χ4v) is 23.2. The van der Waals surface area contributed by atoms with Gasteiger partial charge >= 0.3 is 141 Å². The summed E-state index contributed by atoms with van der Waals surface area (Å²) >= 11 is 2.40. The molecule has 0 fully saturated rings. The predicted molar refractivity (Wildman–Crippen MR) is 109 cm³/mol. The Bertz CT molecular complexity index is 435. The zero-order valence-electron chi connectivity index (χ0n) is 15.9. The molecule has 1 rings (SSSR count). The van der Waals surface area contributed by atoms with Crippen molar-refractivity contribution in [2.45, 2.75) is 84.8 Å². The van der Waals surface area contributed by atoms with Crippen molar-refractivity contribution in [1.82, 2.24) is 0 Å². The number of rotatable bonds is 4. The minimum atomic E-state index is -1.41. The van der Waals surface area contributed by atoms with Crippen molar-refractivity contribution >= 4 is 40.0 Å². The van der Waals surface area contributed by atoms with E-state index in [0.717, 1.165) is 11.3 Å². The van der Waals surface area contributed by atoms with Crippen LogP contribution in [0.2, 0.25) is 18.1 Å². The van der Waals surface area contributed by atoms with Gasteiger partial charge in [0.05, 0.1) is 0 Å². The van der Waals surface area contributed by atoms with E-state index in [4.69, 9.17) is 0 Å². The molecule has 0 N–H and O–H groups in total. The molecule has 0 aliphatic heterocycles. The third kappa shape index (κ3) is 3.81. The van der Waals surface area contributed by atoms with E-state index in [1.165, 1.54) is 0 Å². The van der Waals surface area contributed by atoms with Crippen molar-refractivity contribution in [3.05, 3.63) is 20.6 Å². The van der Waals surface area contributed by atoms with Gasteiger partial charge < -0.3 is 0 Å². The van der Waals surface area contributed by atoms with Gasteiger partial charge in [-0.2, -0.15) is 0 Å². The molecule has 0 aromatic rings. The summed E-state index contributed by atoms with van der Waals surface area (Å²) in [5.41, 5.74) is 6.47. The number of allylic oxidation sites excluding steroid dienone is 4. The summed E-state index contributed by atoms with van der Waals surface area (Å²) in [5.74, 6) is 0. The molecule has 0 saturated carbocycles. The first-order valence-electron chi connectivity index (χ1n) is 7.80. The van der Waals surface area contributed by atoms with Crippen LogP contribution in [0.3, 0.4) is 0 Å². The molecule has 0 bridgehead atoms. The molecular formula is C17H34Cl2PSiTi. The van der Waals surface area contributed by atoms with Crippen molar-refractivity contribution < 1.29 is 20.4 Å². The van der Waals surface area contributed by atoms with Crippen LogP contribution in [0.25, 0.3) is 0 Å². The number of hydrogen-bond donors (Lipinski definition) is 0. The van der Waals surface area contributed by atoms with Crippen molar-refractivity contribution in [2.75, 3.05) is 0 Å². The molecule has 1 aliphatic carbocycles. The second-order valence-electron chi connectivity index (χ2n) is 7.53. The van der Waals surface area contributed by atoms with Gasteiger partial charge in [-0.3, -0.25) is 0 Å². The first kappa shape index (κ1) is 25.7. The average molecular weight is 416 g/mol. The van der Waals surface area contributed by atoms with E-state index in [1.807, 2.05) is 0 Å². The molecule has 0 amide bonds. The van der Waals surface area contributed by atoms with Gasteiger partial charge in [0, 0.05) is 0 Å². The summed E-state index contributed by atoms with van der Waals surface area (Å²) in [6, 6.07) is 0. The Hall–Kier alpha value is 1.42. The largest absolute Gasteiger partial charge is 0.147 e. The molecule has 5 heteroatoms. The molecule has 0 heterocycles. The molecule has 0 radical (unpaired) electrons. The molecule has 0 aromatic carbocycles. The predicted octanol–water partition coefficient (Wildman–Crippen LogP) is 7.26. The summed E-state index contributed by atoms with van der Waals surface area (Å²) in [6.07, 6.45) is 0. The monoisotopic (exact) mass is 415 g/mol. The van der Waals surface area contributed by atoms with Crippen LogP contribution in [0.15, 0.2) is 20.6 Å². The number of hydrogen-bond acceptors (Lipinski definition) is 0. The quantitative estimate of drug-likeness (QED) is 0.334. The van der Waals surface area contributed by atoms with E-state index < -0.39 is 7.74 Å². The van der Waals surface area contributed by atoms with Gasteiger partial charge in [-0.15, -0.1) is 24.8 Å². The molecular weight excluding hydrogens is 382 g/mol. The van der Waals surface area contributed by atoms with Crippen LogP contribution in [0.1, 0.15) is 55.4 Å². The minimum absolute atomic E-state index is 0. The molecule has 0 nitrogen and oxygen atoms in total. The first-order chi connectivity index (χ1) is 8.90. The Morgan fingerprint density at radius 2 is 1.27 bits per heavy atom. The summed E-state index contributed by atoms with van der Waals surface area (Å²) in [7, 11) is -1.31. The van der Waals surface area contributed by atoms with Crippen molar-refractivity contribution in [1.29, 1.82) is 0 Å². The van der Waals surface area contributed by atoms with Crippen LogP contribution in [0.4, 0.5) is 0 Å². The maximum atomic E-state index is 2.66. The summed E-state index contributed by atoms with van der Waals surface area (Å²) in [6.45, 7) is 24.8. The zero-order valence-corrected chi connectivity index (χ0v) is 21.0. The molecule has 1 unspecified atom stereocenters. The third-order valence-electron chi connectivity index (χ3n) is 5.73. The first-order valence-corrected chi connectivity index (χ1v) is 13.9. The Kier molecular flexibility index (Phi) is 10.1. The van der Waals surface area contributed by atoms with Gasteiger partial charge in [-0.05, 0) is 0 Å². The van der Waals surface area contributed by atoms with Crippen molar-refractivity contribution in [3.8, 4) is 0 Å². The molecule has 1 atom stereocenters. The van der Waals surface area contributed by atoms with E-state index in [1.54, 1.807) is 20.6 Å². The van der Waals surface area contributed by atoms with Gasteiger partial charge in [0.1, 0.15) is 0 Å². The second-order valence-corrected chi connectivity index (χ2v) is 20.2. The van der Waals surface area contributed by atoms with Crippen molar-refractivity contribution in [3.63, 3.8) is 0 Å². The summed E-state index contributed by atoms with van der Waals surface area (Å²) in [4.78, 5) is 0. The molecule has 0 aromatic heterocycles. The average Bonchev–Trinajstić information content (AvgIpc) is 2.44.